The van der Waals surface area contributed by atoms with Crippen LogP contribution in [-0.4, -0.2) is 27.7 Å². The van der Waals surface area contributed by atoms with Crippen molar-refractivity contribution in [1.82, 2.24) is 9.97 Å². The summed E-state index contributed by atoms with van der Waals surface area (Å²) in [4.78, 5) is 8.82. The first-order chi connectivity index (χ1) is 8.36. The van der Waals surface area contributed by atoms with Crippen molar-refractivity contribution in [3.63, 3.8) is 0 Å². The van der Waals surface area contributed by atoms with Gasteiger partial charge in [0.25, 0.3) is 0 Å². The predicted octanol–water partition coefficient (Wildman–Crippen LogP) is 1.24. The van der Waals surface area contributed by atoms with Gasteiger partial charge in [-0.15, -0.1) is 0 Å². The molecule has 1 aromatic heterocycles. The minimum Gasteiger partial charge on any atom is -0.396 e. The van der Waals surface area contributed by atoms with Crippen molar-refractivity contribution in [3.8, 4) is 0 Å². The fourth-order valence-corrected chi connectivity index (χ4v) is 1.45. The summed E-state index contributed by atoms with van der Waals surface area (Å²) >= 11 is 0. The number of nitrogens with two attached hydrogens (primary N) is 1. The molecular weight excluding hydrogens is 230 g/mol. The van der Waals surface area contributed by atoms with E-state index in [2.05, 4.69) is 20.7 Å². The van der Waals surface area contributed by atoms with Crippen molar-refractivity contribution in [2.75, 3.05) is 17.3 Å². The van der Waals surface area contributed by atoms with Gasteiger partial charge < -0.3 is 15.8 Å². The van der Waals surface area contributed by atoms with Crippen LogP contribution in [0.15, 0.2) is 6.07 Å². The first kappa shape index (κ1) is 14.7. The standard InChI is InChI=1S/C12H23N5O/c1-8(5-6-18)14-9-7-10(17-13)16-11(15-9)12(2,3)4/h7-8,18H,5-6,13H2,1-4H3,(H2,14,15,16,17). The third-order valence-electron chi connectivity index (χ3n) is 2.50. The second-order valence-electron chi connectivity index (χ2n) is 5.41. The van der Waals surface area contributed by atoms with E-state index in [0.717, 1.165) is 5.82 Å². The van der Waals surface area contributed by atoms with Crippen LogP contribution in [0.5, 0.6) is 0 Å². The third kappa shape index (κ3) is 4.12. The summed E-state index contributed by atoms with van der Waals surface area (Å²) in [7, 11) is 0. The average Bonchev–Trinajstić information content (AvgIpc) is 2.27. The number of nitrogen functional groups attached to an aromatic ring is 1. The largest absolute Gasteiger partial charge is 0.396 e. The summed E-state index contributed by atoms with van der Waals surface area (Å²) in [5, 5.41) is 12.1. The number of hydrogen-bond acceptors (Lipinski definition) is 6. The molecule has 0 aliphatic heterocycles. The monoisotopic (exact) mass is 253 g/mol. The smallest absolute Gasteiger partial charge is 0.145 e. The van der Waals surface area contributed by atoms with Crippen molar-refractivity contribution in [2.24, 2.45) is 5.84 Å². The Labute approximate surface area is 108 Å². The molecule has 0 radical (unpaired) electrons. The van der Waals surface area contributed by atoms with Gasteiger partial charge in [0.15, 0.2) is 0 Å². The topological polar surface area (TPSA) is 96.1 Å². The highest BCUT2D eigenvalue weighted by Gasteiger charge is 2.19. The summed E-state index contributed by atoms with van der Waals surface area (Å²) in [6, 6.07) is 1.90. The molecular formula is C12H23N5O. The zero-order chi connectivity index (χ0) is 13.8. The molecule has 6 nitrogen and oxygen atoms in total. The summed E-state index contributed by atoms with van der Waals surface area (Å²) in [6.07, 6.45) is 0.667. The summed E-state index contributed by atoms with van der Waals surface area (Å²) in [6.45, 7) is 8.27. The number of hydrazine groups is 1. The van der Waals surface area contributed by atoms with Gasteiger partial charge in [0.2, 0.25) is 0 Å². The maximum atomic E-state index is 8.89. The van der Waals surface area contributed by atoms with Gasteiger partial charge in [-0.3, -0.25) is 0 Å². The Hall–Kier alpha value is -1.40. The van der Waals surface area contributed by atoms with Crippen molar-refractivity contribution in [3.05, 3.63) is 11.9 Å². The molecule has 1 rings (SSSR count). The molecule has 5 N–H and O–H groups in total. The van der Waals surface area contributed by atoms with Crippen LogP contribution in [-0.2, 0) is 5.41 Å². The fourth-order valence-electron chi connectivity index (χ4n) is 1.45. The quantitative estimate of drug-likeness (QED) is 0.466. The number of aliphatic hydroxyl groups is 1. The van der Waals surface area contributed by atoms with Crippen LogP contribution in [0.4, 0.5) is 11.6 Å². The van der Waals surface area contributed by atoms with Crippen molar-refractivity contribution in [1.29, 1.82) is 0 Å². The molecule has 0 aromatic carbocycles. The molecule has 0 bridgehead atoms. The Kier molecular flexibility index (Phi) is 4.86. The van der Waals surface area contributed by atoms with Gasteiger partial charge in [0.05, 0.1) is 0 Å². The lowest BCUT2D eigenvalue weighted by Crippen LogP contribution is -2.22. The number of nitrogens with one attached hydrogen (secondary N) is 2. The SMILES string of the molecule is CC(CCO)Nc1cc(NN)nc(C(C)(C)C)n1. The number of aliphatic hydroxyl groups excluding tert-OH is 1. The van der Waals surface area contributed by atoms with Gasteiger partial charge in [-0.2, -0.15) is 0 Å². The summed E-state index contributed by atoms with van der Waals surface area (Å²) in [5.41, 5.74) is 2.40. The Balaban J connectivity index is 2.97. The molecule has 0 amide bonds. The second-order valence-corrected chi connectivity index (χ2v) is 5.41. The molecule has 0 aliphatic carbocycles. The Bertz CT molecular complexity index is 389. The van der Waals surface area contributed by atoms with Crippen molar-refractivity contribution >= 4 is 11.6 Å². The van der Waals surface area contributed by atoms with E-state index in [1.54, 1.807) is 6.07 Å². The molecule has 0 aliphatic rings. The average molecular weight is 253 g/mol. The third-order valence-corrected chi connectivity index (χ3v) is 2.50. The number of anilines is 2. The molecule has 6 heteroatoms. The Morgan fingerprint density at radius 1 is 1.33 bits per heavy atom. The van der Waals surface area contributed by atoms with E-state index < -0.39 is 0 Å². The molecule has 0 saturated heterocycles. The van der Waals surface area contributed by atoms with E-state index in [1.807, 2.05) is 27.7 Å². The van der Waals surface area contributed by atoms with E-state index in [-0.39, 0.29) is 18.1 Å². The van der Waals surface area contributed by atoms with E-state index in [0.29, 0.717) is 18.1 Å². The molecule has 1 unspecified atom stereocenters. The van der Waals surface area contributed by atoms with Gasteiger partial charge in [0.1, 0.15) is 17.5 Å². The van der Waals surface area contributed by atoms with Crippen LogP contribution >= 0.6 is 0 Å². The number of rotatable bonds is 5. The molecule has 18 heavy (non-hydrogen) atoms. The highest BCUT2D eigenvalue weighted by molar-refractivity contribution is 5.47. The van der Waals surface area contributed by atoms with Crippen LogP contribution in [0.25, 0.3) is 0 Å². The van der Waals surface area contributed by atoms with Crippen LogP contribution < -0.4 is 16.6 Å². The van der Waals surface area contributed by atoms with Crippen molar-refractivity contribution in [2.45, 2.75) is 45.6 Å². The summed E-state index contributed by atoms with van der Waals surface area (Å²) in [5.74, 6) is 7.42. The van der Waals surface area contributed by atoms with Gasteiger partial charge in [-0.1, -0.05) is 20.8 Å². The van der Waals surface area contributed by atoms with Gasteiger partial charge in [-0.25, -0.2) is 15.8 Å². The Morgan fingerprint density at radius 3 is 2.44 bits per heavy atom. The number of nitrogens with zero attached hydrogens (tertiary/aromatic N) is 2. The van der Waals surface area contributed by atoms with Gasteiger partial charge >= 0.3 is 0 Å². The molecule has 1 heterocycles. The van der Waals surface area contributed by atoms with E-state index >= 15 is 0 Å². The molecule has 102 valence electrons. The molecule has 1 atom stereocenters. The minimum atomic E-state index is -0.149. The van der Waals surface area contributed by atoms with Crippen molar-refractivity contribution < 1.29 is 5.11 Å². The number of hydrogen-bond donors (Lipinski definition) is 4. The molecule has 0 fully saturated rings. The normalized spacial score (nSPS) is 13.2. The lowest BCUT2D eigenvalue weighted by Gasteiger charge is -2.20. The first-order valence-corrected chi connectivity index (χ1v) is 6.10. The van der Waals surface area contributed by atoms with Crippen LogP contribution in [0.1, 0.15) is 39.9 Å². The van der Waals surface area contributed by atoms with Crippen LogP contribution in [0.3, 0.4) is 0 Å². The fraction of sp³-hybridized carbons (Fsp3) is 0.667. The molecule has 0 spiro atoms. The lowest BCUT2D eigenvalue weighted by atomic mass is 9.96. The predicted molar refractivity (Wildman–Crippen MR) is 73.3 cm³/mol. The first-order valence-electron chi connectivity index (χ1n) is 6.10. The van der Waals surface area contributed by atoms with E-state index in [4.69, 9.17) is 10.9 Å². The summed E-state index contributed by atoms with van der Waals surface area (Å²) < 4.78 is 0. The highest BCUT2D eigenvalue weighted by atomic mass is 16.3. The maximum absolute atomic E-state index is 8.89. The van der Waals surface area contributed by atoms with Crippen LogP contribution in [0, 0.1) is 0 Å². The zero-order valence-electron chi connectivity index (χ0n) is 11.5. The van der Waals surface area contributed by atoms with Gasteiger partial charge in [-0.05, 0) is 13.3 Å². The lowest BCUT2D eigenvalue weighted by molar-refractivity contribution is 0.282. The van der Waals surface area contributed by atoms with Gasteiger partial charge in [0, 0.05) is 24.1 Å². The highest BCUT2D eigenvalue weighted by Crippen LogP contribution is 2.22. The second kappa shape index (κ2) is 5.97. The number of aromatic nitrogens is 2. The maximum Gasteiger partial charge on any atom is 0.145 e. The zero-order valence-corrected chi connectivity index (χ0v) is 11.5. The Morgan fingerprint density at radius 2 is 1.94 bits per heavy atom. The van der Waals surface area contributed by atoms with Crippen LogP contribution in [0.2, 0.25) is 0 Å². The molecule has 0 saturated carbocycles. The van der Waals surface area contributed by atoms with E-state index in [9.17, 15) is 0 Å². The molecule has 1 aromatic rings. The minimum absolute atomic E-state index is 0.142. The van der Waals surface area contributed by atoms with E-state index in [1.165, 1.54) is 0 Å².